The predicted octanol–water partition coefficient (Wildman–Crippen LogP) is 3.18. The highest BCUT2D eigenvalue weighted by Gasteiger charge is 2.37. The summed E-state index contributed by atoms with van der Waals surface area (Å²) in [6, 6.07) is 8.54. The first kappa shape index (κ1) is 22.0. The van der Waals surface area contributed by atoms with Crippen molar-refractivity contribution >= 4 is 11.7 Å². The van der Waals surface area contributed by atoms with Crippen molar-refractivity contribution in [1.82, 2.24) is 14.8 Å². The number of amides is 1. The molecule has 0 bridgehead atoms. The summed E-state index contributed by atoms with van der Waals surface area (Å²) in [6.45, 7) is 10.1. The Morgan fingerprint density at radius 2 is 1.83 bits per heavy atom. The van der Waals surface area contributed by atoms with E-state index in [2.05, 4.69) is 14.8 Å². The molecular formula is C23H31FN4O2. The normalized spacial score (nSPS) is 19.6. The second-order valence-corrected chi connectivity index (χ2v) is 7.55. The second-order valence-electron chi connectivity index (χ2n) is 7.55. The number of benzene rings is 1. The Labute approximate surface area is 177 Å². The van der Waals surface area contributed by atoms with Gasteiger partial charge >= 0.3 is 0 Å². The molecule has 0 saturated carbocycles. The summed E-state index contributed by atoms with van der Waals surface area (Å²) in [5.74, 6) is 0.919. The molecule has 30 heavy (non-hydrogen) atoms. The molecule has 2 aliphatic rings. The maximum Gasteiger partial charge on any atom is 0.240 e. The van der Waals surface area contributed by atoms with Crippen molar-refractivity contribution in [3.63, 3.8) is 0 Å². The molecule has 1 aromatic carbocycles. The van der Waals surface area contributed by atoms with Crippen molar-refractivity contribution in [2.24, 2.45) is 0 Å². The molecule has 0 radical (unpaired) electrons. The van der Waals surface area contributed by atoms with Crippen molar-refractivity contribution in [3.05, 3.63) is 53.5 Å². The molecule has 1 N–H and O–H groups in total. The van der Waals surface area contributed by atoms with Gasteiger partial charge in [-0.05, 0) is 42.7 Å². The van der Waals surface area contributed by atoms with E-state index in [0.717, 1.165) is 44.0 Å². The fourth-order valence-electron chi connectivity index (χ4n) is 4.00. The molecule has 0 aliphatic carbocycles. The lowest BCUT2D eigenvalue weighted by molar-refractivity contribution is -0.132. The summed E-state index contributed by atoms with van der Waals surface area (Å²) in [7, 11) is 0. The first-order valence-corrected chi connectivity index (χ1v) is 10.7. The fraction of sp³-hybridized carbons (Fsp3) is 0.478. The number of piperazine rings is 1. The minimum absolute atomic E-state index is 0.0924. The van der Waals surface area contributed by atoms with Crippen molar-refractivity contribution in [1.29, 1.82) is 0 Å². The van der Waals surface area contributed by atoms with Crippen LogP contribution in [0.3, 0.4) is 0 Å². The van der Waals surface area contributed by atoms with Gasteiger partial charge in [-0.25, -0.2) is 9.37 Å². The number of carbonyl (C=O) groups excluding carboxylic acids is 1. The number of aromatic nitrogens is 1. The van der Waals surface area contributed by atoms with Gasteiger partial charge in [0.05, 0.1) is 12.2 Å². The number of carbonyl (C=O) groups is 1. The molecule has 4 rings (SSSR count). The van der Waals surface area contributed by atoms with Crippen LogP contribution in [0.15, 0.2) is 36.5 Å². The van der Waals surface area contributed by atoms with E-state index in [0.29, 0.717) is 18.7 Å². The van der Waals surface area contributed by atoms with Gasteiger partial charge in [0.15, 0.2) is 0 Å². The molecule has 1 amide bonds. The molecule has 2 aliphatic heterocycles. The number of rotatable bonds is 4. The zero-order valence-corrected chi connectivity index (χ0v) is 18.0. The molecule has 162 valence electrons. The Balaban J connectivity index is 0.00000124. The molecule has 1 unspecified atom stereocenters. The van der Waals surface area contributed by atoms with Crippen molar-refractivity contribution < 1.29 is 14.3 Å². The van der Waals surface area contributed by atoms with Crippen LogP contribution < -0.4 is 4.90 Å². The first-order chi connectivity index (χ1) is 14.5. The van der Waals surface area contributed by atoms with E-state index < -0.39 is 0 Å². The summed E-state index contributed by atoms with van der Waals surface area (Å²) in [5.41, 5.74) is 1.45. The predicted molar refractivity (Wildman–Crippen MR) is 116 cm³/mol. The third-order valence-electron chi connectivity index (χ3n) is 5.69. The topological polar surface area (TPSA) is 59.9 Å². The van der Waals surface area contributed by atoms with E-state index in [-0.39, 0.29) is 23.5 Å². The highest BCUT2D eigenvalue weighted by molar-refractivity contribution is 5.84. The van der Waals surface area contributed by atoms with Crippen LogP contribution in [-0.4, -0.2) is 64.6 Å². The number of aryl methyl sites for hydroxylation is 1. The van der Waals surface area contributed by atoms with Gasteiger partial charge in [-0.3, -0.25) is 9.69 Å². The highest BCUT2D eigenvalue weighted by atomic mass is 19.1. The smallest absolute Gasteiger partial charge is 0.240 e. The Morgan fingerprint density at radius 3 is 2.47 bits per heavy atom. The summed E-state index contributed by atoms with van der Waals surface area (Å²) in [5, 5.41) is 9.38. The quantitative estimate of drug-likeness (QED) is 0.833. The third-order valence-corrected chi connectivity index (χ3v) is 5.69. The Morgan fingerprint density at radius 1 is 1.10 bits per heavy atom. The minimum atomic E-state index is -0.223. The summed E-state index contributed by atoms with van der Waals surface area (Å²) >= 11 is 0. The molecule has 1 aromatic heterocycles. The van der Waals surface area contributed by atoms with Gasteiger partial charge in [-0.2, -0.15) is 0 Å². The summed E-state index contributed by atoms with van der Waals surface area (Å²) in [6.07, 6.45) is 2.26. The first-order valence-electron chi connectivity index (χ1n) is 10.7. The summed E-state index contributed by atoms with van der Waals surface area (Å²) < 4.78 is 13.8. The molecule has 6 nitrogen and oxygen atoms in total. The zero-order chi connectivity index (χ0) is 21.7. The van der Waals surface area contributed by atoms with Crippen LogP contribution in [-0.2, 0) is 11.3 Å². The average molecular weight is 415 g/mol. The number of pyridine rings is 1. The van der Waals surface area contributed by atoms with Crippen LogP contribution >= 0.6 is 0 Å². The molecule has 3 heterocycles. The maximum absolute atomic E-state index is 13.8. The van der Waals surface area contributed by atoms with Gasteiger partial charge < -0.3 is 14.9 Å². The summed E-state index contributed by atoms with van der Waals surface area (Å²) in [4.78, 5) is 23.4. The standard InChI is InChI=1S/C21H25FN4O2.C2H6/c1-15-2-3-16(12-18(15)22)14-26-7-6-19(21(26)28)24-8-10-25(11-9-24)20-5-4-17(27)13-23-20;1-2/h2-5,12-13,19,27H,6-11,14H2,1H3;1-2H3. The van der Waals surface area contributed by atoms with Crippen LogP contribution in [0.1, 0.15) is 31.4 Å². The van der Waals surface area contributed by atoms with Crippen LogP contribution in [0.4, 0.5) is 10.2 Å². The van der Waals surface area contributed by atoms with Crippen LogP contribution in [0, 0.1) is 12.7 Å². The molecule has 0 spiro atoms. The van der Waals surface area contributed by atoms with Gasteiger partial charge in [-0.15, -0.1) is 0 Å². The second kappa shape index (κ2) is 9.89. The SMILES string of the molecule is CC.Cc1ccc(CN2CCC(N3CCN(c4ccc(O)cn4)CC3)C2=O)cc1F. The Kier molecular flexibility index (Phi) is 7.26. The van der Waals surface area contributed by atoms with Crippen LogP contribution in [0.2, 0.25) is 0 Å². The lowest BCUT2D eigenvalue weighted by Crippen LogP contribution is -2.52. The molecule has 1 atom stereocenters. The Bertz CT molecular complexity index is 851. The number of hydrogen-bond acceptors (Lipinski definition) is 5. The van der Waals surface area contributed by atoms with Gasteiger partial charge in [0, 0.05) is 39.3 Å². The maximum atomic E-state index is 13.8. The Hall–Kier alpha value is -2.67. The zero-order valence-electron chi connectivity index (χ0n) is 18.0. The van der Waals surface area contributed by atoms with Crippen molar-refractivity contribution in [2.45, 2.75) is 39.8 Å². The number of aromatic hydroxyl groups is 1. The molecule has 7 heteroatoms. The average Bonchev–Trinajstić information content (AvgIpc) is 3.13. The third kappa shape index (κ3) is 4.90. The molecular weight excluding hydrogens is 383 g/mol. The van der Waals surface area contributed by atoms with E-state index in [1.807, 2.05) is 30.9 Å². The largest absolute Gasteiger partial charge is 0.506 e. The number of hydrogen-bond donors (Lipinski definition) is 1. The fourth-order valence-corrected chi connectivity index (χ4v) is 4.00. The van der Waals surface area contributed by atoms with E-state index in [9.17, 15) is 14.3 Å². The highest BCUT2D eigenvalue weighted by Crippen LogP contribution is 2.23. The van der Waals surface area contributed by atoms with Gasteiger partial charge in [0.1, 0.15) is 17.4 Å². The minimum Gasteiger partial charge on any atom is -0.506 e. The van der Waals surface area contributed by atoms with Crippen LogP contribution in [0.5, 0.6) is 5.75 Å². The van der Waals surface area contributed by atoms with Gasteiger partial charge in [0.25, 0.3) is 0 Å². The molecule has 2 aromatic rings. The van der Waals surface area contributed by atoms with E-state index in [4.69, 9.17) is 0 Å². The molecule has 2 fully saturated rings. The lowest BCUT2D eigenvalue weighted by Gasteiger charge is -2.37. The molecule has 2 saturated heterocycles. The number of halogens is 1. The van der Waals surface area contributed by atoms with Crippen molar-refractivity contribution in [2.75, 3.05) is 37.6 Å². The monoisotopic (exact) mass is 414 g/mol. The van der Waals surface area contributed by atoms with Crippen LogP contribution in [0.25, 0.3) is 0 Å². The van der Waals surface area contributed by atoms with Gasteiger partial charge in [0.2, 0.25) is 5.91 Å². The van der Waals surface area contributed by atoms with E-state index in [1.165, 1.54) is 12.3 Å². The number of nitrogens with zero attached hydrogens (tertiary/aromatic N) is 4. The van der Waals surface area contributed by atoms with Crippen molar-refractivity contribution in [3.8, 4) is 5.75 Å². The van der Waals surface area contributed by atoms with Gasteiger partial charge in [-0.1, -0.05) is 26.0 Å². The van der Waals surface area contributed by atoms with E-state index in [1.54, 1.807) is 19.1 Å². The number of anilines is 1. The van der Waals surface area contributed by atoms with E-state index >= 15 is 0 Å². The lowest BCUT2D eigenvalue weighted by atomic mass is 10.1. The number of likely N-dealkylation sites (tertiary alicyclic amines) is 1.